The zero-order chi connectivity index (χ0) is 12.8. The topological polar surface area (TPSA) is 61.9 Å². The Morgan fingerprint density at radius 1 is 1.06 bits per heavy atom. The zero-order valence-corrected chi connectivity index (χ0v) is 11.2. The normalized spacial score (nSPS) is 22.0. The summed E-state index contributed by atoms with van der Waals surface area (Å²) in [6, 6.07) is 3.14. The molecule has 1 unspecified atom stereocenters. The quantitative estimate of drug-likeness (QED) is 0.760. The van der Waals surface area contributed by atoms with E-state index in [4.69, 9.17) is 0 Å². The van der Waals surface area contributed by atoms with Crippen molar-refractivity contribution in [2.24, 2.45) is 0 Å². The predicted octanol–water partition coefficient (Wildman–Crippen LogP) is 1.85. The Morgan fingerprint density at radius 3 is 2.28 bits per heavy atom. The Labute approximate surface area is 109 Å². The van der Waals surface area contributed by atoms with Gasteiger partial charge in [0.2, 0.25) is 0 Å². The van der Waals surface area contributed by atoms with Crippen LogP contribution in [-0.2, 0) is 0 Å². The molecule has 1 aromatic rings. The molecule has 1 aromatic heterocycles. The van der Waals surface area contributed by atoms with E-state index in [9.17, 15) is 0 Å². The number of hydrogen-bond donors (Lipinski definition) is 3. The smallest absolute Gasteiger partial charge is 0.131 e. The summed E-state index contributed by atoms with van der Waals surface area (Å²) in [5, 5.41) is 10.1. The molecular weight excluding hydrogens is 226 g/mol. The molecular formula is C13H23N5. The summed E-state index contributed by atoms with van der Waals surface area (Å²) in [5.74, 6) is 1.86. The molecule has 0 aromatic carbocycles. The molecule has 0 radical (unpaired) electrons. The van der Waals surface area contributed by atoms with Crippen molar-refractivity contribution < 1.29 is 0 Å². The number of rotatable bonds is 4. The Morgan fingerprint density at radius 2 is 1.72 bits per heavy atom. The van der Waals surface area contributed by atoms with Crippen LogP contribution in [0.25, 0.3) is 0 Å². The lowest BCUT2D eigenvalue weighted by Gasteiger charge is -2.12. The lowest BCUT2D eigenvalue weighted by Crippen LogP contribution is -2.22. The van der Waals surface area contributed by atoms with E-state index in [0.29, 0.717) is 12.1 Å². The second-order valence-corrected chi connectivity index (χ2v) is 4.54. The molecule has 2 aliphatic rings. The zero-order valence-electron chi connectivity index (χ0n) is 11.2. The minimum atomic E-state index is 0.503. The SMILES string of the molecule is CC.c1nc(NC2CC2)cc(NC2CCNC2)n1. The predicted molar refractivity (Wildman–Crippen MR) is 74.9 cm³/mol. The maximum Gasteiger partial charge on any atom is 0.131 e. The van der Waals surface area contributed by atoms with Crippen molar-refractivity contribution in [2.75, 3.05) is 23.7 Å². The third-order valence-corrected chi connectivity index (χ3v) is 3.01. The Hall–Kier alpha value is -1.36. The number of anilines is 2. The van der Waals surface area contributed by atoms with Crippen molar-refractivity contribution in [3.63, 3.8) is 0 Å². The summed E-state index contributed by atoms with van der Waals surface area (Å²) >= 11 is 0. The van der Waals surface area contributed by atoms with Gasteiger partial charge in [-0.25, -0.2) is 9.97 Å². The van der Waals surface area contributed by atoms with Gasteiger partial charge in [0.15, 0.2) is 0 Å². The molecule has 3 rings (SSSR count). The molecule has 1 aliphatic carbocycles. The molecule has 0 spiro atoms. The van der Waals surface area contributed by atoms with Gasteiger partial charge >= 0.3 is 0 Å². The van der Waals surface area contributed by atoms with Crippen LogP contribution in [0.15, 0.2) is 12.4 Å². The molecule has 1 saturated carbocycles. The van der Waals surface area contributed by atoms with Gasteiger partial charge in [-0.3, -0.25) is 0 Å². The lowest BCUT2D eigenvalue weighted by molar-refractivity contribution is 0.787. The largest absolute Gasteiger partial charge is 0.367 e. The van der Waals surface area contributed by atoms with Crippen LogP contribution in [0.4, 0.5) is 11.6 Å². The van der Waals surface area contributed by atoms with Gasteiger partial charge in [-0.1, -0.05) is 13.8 Å². The minimum absolute atomic E-state index is 0.503. The summed E-state index contributed by atoms with van der Waals surface area (Å²) < 4.78 is 0. The second-order valence-electron chi connectivity index (χ2n) is 4.54. The highest BCUT2D eigenvalue weighted by Gasteiger charge is 2.21. The molecule has 1 atom stereocenters. The van der Waals surface area contributed by atoms with Crippen molar-refractivity contribution in [3.8, 4) is 0 Å². The number of nitrogens with zero attached hydrogens (tertiary/aromatic N) is 2. The maximum absolute atomic E-state index is 4.24. The third kappa shape index (κ3) is 3.84. The second kappa shape index (κ2) is 6.54. The van der Waals surface area contributed by atoms with Crippen molar-refractivity contribution in [1.82, 2.24) is 15.3 Å². The Kier molecular flexibility index (Phi) is 4.75. The van der Waals surface area contributed by atoms with E-state index in [1.807, 2.05) is 19.9 Å². The average molecular weight is 249 g/mol. The number of nitrogens with one attached hydrogen (secondary N) is 3. The highest BCUT2D eigenvalue weighted by molar-refractivity contribution is 5.48. The van der Waals surface area contributed by atoms with Gasteiger partial charge < -0.3 is 16.0 Å². The molecule has 18 heavy (non-hydrogen) atoms. The first kappa shape index (κ1) is 13.1. The van der Waals surface area contributed by atoms with Crippen LogP contribution >= 0.6 is 0 Å². The van der Waals surface area contributed by atoms with Gasteiger partial charge in [-0.2, -0.15) is 0 Å². The fraction of sp³-hybridized carbons (Fsp3) is 0.692. The van der Waals surface area contributed by atoms with E-state index in [1.54, 1.807) is 6.33 Å². The molecule has 100 valence electrons. The number of aromatic nitrogens is 2. The summed E-state index contributed by atoms with van der Waals surface area (Å²) in [4.78, 5) is 8.46. The van der Waals surface area contributed by atoms with Crippen molar-refractivity contribution in [3.05, 3.63) is 12.4 Å². The fourth-order valence-corrected chi connectivity index (χ4v) is 1.94. The lowest BCUT2D eigenvalue weighted by atomic mass is 10.2. The molecule has 1 aliphatic heterocycles. The van der Waals surface area contributed by atoms with Crippen LogP contribution in [-0.4, -0.2) is 35.1 Å². The van der Waals surface area contributed by atoms with E-state index < -0.39 is 0 Å². The van der Waals surface area contributed by atoms with Gasteiger partial charge in [0.25, 0.3) is 0 Å². The molecule has 1 saturated heterocycles. The van der Waals surface area contributed by atoms with Crippen molar-refractivity contribution >= 4 is 11.6 Å². The standard InChI is InChI=1S/C11H17N5.C2H6/c1-2-8(1)15-10-5-11(14-7-13-10)16-9-3-4-12-6-9;1-2/h5,7-9,12H,1-4,6H2,(H2,13,14,15,16);1-2H3. The van der Waals surface area contributed by atoms with Crippen molar-refractivity contribution in [2.45, 2.75) is 45.2 Å². The van der Waals surface area contributed by atoms with E-state index in [-0.39, 0.29) is 0 Å². The van der Waals surface area contributed by atoms with Gasteiger partial charge in [0, 0.05) is 24.7 Å². The molecule has 5 nitrogen and oxygen atoms in total. The Balaban J connectivity index is 0.000000574. The highest BCUT2D eigenvalue weighted by Crippen LogP contribution is 2.24. The minimum Gasteiger partial charge on any atom is -0.367 e. The van der Waals surface area contributed by atoms with Crippen LogP contribution in [0.3, 0.4) is 0 Å². The van der Waals surface area contributed by atoms with Crippen LogP contribution in [0.5, 0.6) is 0 Å². The van der Waals surface area contributed by atoms with Crippen LogP contribution in [0.1, 0.15) is 33.1 Å². The van der Waals surface area contributed by atoms with E-state index in [2.05, 4.69) is 25.9 Å². The monoisotopic (exact) mass is 249 g/mol. The van der Waals surface area contributed by atoms with Crippen LogP contribution in [0.2, 0.25) is 0 Å². The van der Waals surface area contributed by atoms with Gasteiger partial charge in [0.05, 0.1) is 0 Å². The van der Waals surface area contributed by atoms with E-state index in [1.165, 1.54) is 12.8 Å². The van der Waals surface area contributed by atoms with Gasteiger partial charge in [-0.05, 0) is 25.8 Å². The first-order valence-corrected chi connectivity index (χ1v) is 6.96. The van der Waals surface area contributed by atoms with E-state index in [0.717, 1.165) is 31.1 Å². The first-order valence-electron chi connectivity index (χ1n) is 6.96. The first-order chi connectivity index (χ1) is 8.90. The summed E-state index contributed by atoms with van der Waals surface area (Å²) in [6.45, 7) is 6.12. The fourth-order valence-electron chi connectivity index (χ4n) is 1.94. The molecule has 5 heteroatoms. The van der Waals surface area contributed by atoms with Gasteiger partial charge in [-0.15, -0.1) is 0 Å². The summed E-state index contributed by atoms with van der Waals surface area (Å²) in [6.07, 6.45) is 5.31. The Bertz CT molecular complexity index is 358. The third-order valence-electron chi connectivity index (χ3n) is 3.01. The molecule has 2 fully saturated rings. The molecule has 0 amide bonds. The molecule has 3 N–H and O–H groups in total. The number of hydrogen-bond acceptors (Lipinski definition) is 5. The van der Waals surface area contributed by atoms with Crippen molar-refractivity contribution in [1.29, 1.82) is 0 Å². The highest BCUT2D eigenvalue weighted by atomic mass is 15.1. The average Bonchev–Trinajstić information content (AvgIpc) is 3.06. The van der Waals surface area contributed by atoms with Crippen LogP contribution < -0.4 is 16.0 Å². The molecule has 2 heterocycles. The summed E-state index contributed by atoms with van der Waals surface area (Å²) in [7, 11) is 0. The molecule has 0 bridgehead atoms. The maximum atomic E-state index is 4.24. The van der Waals surface area contributed by atoms with E-state index >= 15 is 0 Å². The van der Waals surface area contributed by atoms with Gasteiger partial charge in [0.1, 0.15) is 18.0 Å². The summed E-state index contributed by atoms with van der Waals surface area (Å²) in [5.41, 5.74) is 0. The van der Waals surface area contributed by atoms with Crippen LogP contribution in [0, 0.1) is 0 Å².